The van der Waals surface area contributed by atoms with Gasteiger partial charge in [-0.15, -0.1) is 0 Å². The lowest BCUT2D eigenvalue weighted by Crippen LogP contribution is -2.30. The Morgan fingerprint density at radius 2 is 1.45 bits per heavy atom. The van der Waals surface area contributed by atoms with Gasteiger partial charge in [-0.3, -0.25) is 9.59 Å². The third-order valence-electron chi connectivity index (χ3n) is 4.55. The summed E-state index contributed by atoms with van der Waals surface area (Å²) in [6, 6.07) is 22.8. The molecule has 6 nitrogen and oxygen atoms in total. The van der Waals surface area contributed by atoms with Crippen molar-refractivity contribution in [2.24, 2.45) is 0 Å². The molecule has 3 aromatic rings. The van der Waals surface area contributed by atoms with E-state index in [2.05, 4.69) is 5.32 Å². The molecule has 0 fully saturated rings. The number of hydrogen-bond donors (Lipinski definition) is 1. The van der Waals surface area contributed by atoms with Crippen LogP contribution < -0.4 is 10.1 Å². The molecule has 0 aromatic heterocycles. The highest BCUT2D eigenvalue weighted by molar-refractivity contribution is 5.98. The maximum atomic E-state index is 12.4. The summed E-state index contributed by atoms with van der Waals surface area (Å²) in [4.78, 5) is 36.0. The van der Waals surface area contributed by atoms with Gasteiger partial charge in [-0.25, -0.2) is 4.79 Å². The van der Waals surface area contributed by atoms with Gasteiger partial charge in [0.15, 0.2) is 11.9 Å². The predicted molar refractivity (Wildman–Crippen MR) is 117 cm³/mol. The lowest BCUT2D eigenvalue weighted by atomic mass is 10.1. The van der Waals surface area contributed by atoms with Crippen LogP contribution in [0.15, 0.2) is 78.9 Å². The van der Waals surface area contributed by atoms with Crippen molar-refractivity contribution in [2.75, 3.05) is 5.32 Å². The Kier molecular flexibility index (Phi) is 7.17. The van der Waals surface area contributed by atoms with E-state index in [0.29, 0.717) is 23.4 Å². The molecule has 0 saturated carbocycles. The van der Waals surface area contributed by atoms with Crippen LogP contribution in [0.1, 0.15) is 40.1 Å². The van der Waals surface area contributed by atoms with Gasteiger partial charge in [-0.1, -0.05) is 30.3 Å². The third-order valence-corrected chi connectivity index (χ3v) is 4.55. The highest BCUT2D eigenvalue weighted by Crippen LogP contribution is 2.14. The van der Waals surface area contributed by atoms with Gasteiger partial charge in [0.2, 0.25) is 0 Å². The Labute approximate surface area is 180 Å². The van der Waals surface area contributed by atoms with Gasteiger partial charge in [-0.2, -0.15) is 0 Å². The maximum absolute atomic E-state index is 12.4. The number of anilines is 1. The standard InChI is InChI=1S/C25H23NO5/c1-17(27)20-12-14-22(15-13-20)26-24(28)18(2)31-25(29)21-10-8-19(9-11-21)16-30-23-6-4-3-5-7-23/h3-15,18H,16H2,1-2H3,(H,26,28)/t18-/m0/s1. The number of carbonyl (C=O) groups excluding carboxylic acids is 3. The predicted octanol–water partition coefficient (Wildman–Crippen LogP) is 4.65. The second-order valence-electron chi connectivity index (χ2n) is 6.97. The van der Waals surface area contributed by atoms with Gasteiger partial charge in [0.05, 0.1) is 5.56 Å². The Morgan fingerprint density at radius 1 is 0.839 bits per heavy atom. The first-order valence-corrected chi connectivity index (χ1v) is 9.82. The first-order valence-electron chi connectivity index (χ1n) is 9.82. The van der Waals surface area contributed by atoms with E-state index in [9.17, 15) is 14.4 Å². The van der Waals surface area contributed by atoms with Gasteiger partial charge in [0.1, 0.15) is 12.4 Å². The fourth-order valence-corrected chi connectivity index (χ4v) is 2.73. The van der Waals surface area contributed by atoms with Crippen LogP contribution in [-0.2, 0) is 16.1 Å². The average molecular weight is 417 g/mol. The molecule has 31 heavy (non-hydrogen) atoms. The van der Waals surface area contributed by atoms with E-state index in [0.717, 1.165) is 11.3 Å². The van der Waals surface area contributed by atoms with Crippen LogP contribution in [0.2, 0.25) is 0 Å². The second-order valence-corrected chi connectivity index (χ2v) is 6.97. The van der Waals surface area contributed by atoms with Crippen LogP contribution in [0.3, 0.4) is 0 Å². The van der Waals surface area contributed by atoms with Gasteiger partial charge in [0, 0.05) is 11.3 Å². The zero-order chi connectivity index (χ0) is 22.2. The molecule has 0 spiro atoms. The molecule has 0 aliphatic rings. The Morgan fingerprint density at radius 3 is 2.06 bits per heavy atom. The van der Waals surface area contributed by atoms with Crippen LogP contribution in [-0.4, -0.2) is 23.8 Å². The number of amides is 1. The molecular formula is C25H23NO5. The molecular weight excluding hydrogens is 394 g/mol. The molecule has 0 aliphatic heterocycles. The normalized spacial score (nSPS) is 11.3. The summed E-state index contributed by atoms with van der Waals surface area (Å²) in [6.07, 6.45) is -0.985. The van der Waals surface area contributed by atoms with E-state index < -0.39 is 18.0 Å². The molecule has 0 bridgehead atoms. The van der Waals surface area contributed by atoms with Crippen LogP contribution >= 0.6 is 0 Å². The molecule has 1 N–H and O–H groups in total. The van der Waals surface area contributed by atoms with Crippen LogP contribution in [0.4, 0.5) is 5.69 Å². The van der Waals surface area contributed by atoms with Crippen molar-refractivity contribution in [3.63, 3.8) is 0 Å². The quantitative estimate of drug-likeness (QED) is 0.426. The molecule has 0 radical (unpaired) electrons. The third kappa shape index (κ3) is 6.27. The van der Waals surface area contributed by atoms with E-state index >= 15 is 0 Å². The van der Waals surface area contributed by atoms with Crippen molar-refractivity contribution >= 4 is 23.3 Å². The minimum absolute atomic E-state index is 0.0576. The highest BCUT2D eigenvalue weighted by atomic mass is 16.5. The lowest BCUT2D eigenvalue weighted by Gasteiger charge is -2.14. The Bertz CT molecular complexity index is 1040. The summed E-state index contributed by atoms with van der Waals surface area (Å²) < 4.78 is 10.9. The number of hydrogen-bond acceptors (Lipinski definition) is 5. The second kappa shape index (κ2) is 10.2. The largest absolute Gasteiger partial charge is 0.489 e. The zero-order valence-electron chi connectivity index (χ0n) is 17.3. The lowest BCUT2D eigenvalue weighted by molar-refractivity contribution is -0.123. The number of para-hydroxylation sites is 1. The number of carbonyl (C=O) groups is 3. The van der Waals surface area contributed by atoms with Crippen LogP contribution in [0, 0.1) is 0 Å². The fraction of sp³-hybridized carbons (Fsp3) is 0.160. The average Bonchev–Trinajstić information content (AvgIpc) is 2.79. The van der Waals surface area contributed by atoms with E-state index in [4.69, 9.17) is 9.47 Å². The zero-order valence-corrected chi connectivity index (χ0v) is 17.3. The molecule has 1 atom stereocenters. The Balaban J connectivity index is 1.51. The molecule has 0 unspecified atom stereocenters. The number of benzene rings is 3. The highest BCUT2D eigenvalue weighted by Gasteiger charge is 2.19. The molecule has 0 saturated heterocycles. The summed E-state index contributed by atoms with van der Waals surface area (Å²) in [5, 5.41) is 2.66. The summed E-state index contributed by atoms with van der Waals surface area (Å²) in [6.45, 7) is 3.35. The van der Waals surface area contributed by atoms with E-state index in [1.165, 1.54) is 13.8 Å². The molecule has 3 aromatic carbocycles. The fourth-order valence-electron chi connectivity index (χ4n) is 2.73. The number of esters is 1. The molecule has 6 heteroatoms. The van der Waals surface area contributed by atoms with Gasteiger partial charge >= 0.3 is 5.97 Å². The maximum Gasteiger partial charge on any atom is 0.338 e. The smallest absolute Gasteiger partial charge is 0.338 e. The minimum atomic E-state index is -0.985. The molecule has 0 aliphatic carbocycles. The number of ether oxygens (including phenoxy) is 2. The summed E-state index contributed by atoms with van der Waals surface area (Å²) in [7, 11) is 0. The number of Topliss-reactive ketones (excluding diaryl/α,β-unsaturated/α-hetero) is 1. The van der Waals surface area contributed by atoms with Crippen molar-refractivity contribution < 1.29 is 23.9 Å². The van der Waals surface area contributed by atoms with E-state index in [1.54, 1.807) is 48.5 Å². The van der Waals surface area contributed by atoms with E-state index in [-0.39, 0.29) is 5.78 Å². The SMILES string of the molecule is CC(=O)c1ccc(NC(=O)[C@H](C)OC(=O)c2ccc(COc3ccccc3)cc2)cc1. The molecule has 158 valence electrons. The first kappa shape index (κ1) is 21.8. The summed E-state index contributed by atoms with van der Waals surface area (Å²) >= 11 is 0. The number of rotatable bonds is 8. The van der Waals surface area contributed by atoms with Crippen molar-refractivity contribution in [3.8, 4) is 5.75 Å². The molecule has 1 amide bonds. The van der Waals surface area contributed by atoms with Gasteiger partial charge < -0.3 is 14.8 Å². The van der Waals surface area contributed by atoms with Crippen LogP contribution in [0.25, 0.3) is 0 Å². The minimum Gasteiger partial charge on any atom is -0.489 e. The van der Waals surface area contributed by atoms with Gasteiger partial charge in [-0.05, 0) is 67.9 Å². The monoisotopic (exact) mass is 417 g/mol. The van der Waals surface area contributed by atoms with Crippen molar-refractivity contribution in [2.45, 2.75) is 26.6 Å². The van der Waals surface area contributed by atoms with Crippen molar-refractivity contribution in [3.05, 3.63) is 95.6 Å². The first-order chi connectivity index (χ1) is 14.9. The Hall–Kier alpha value is -3.93. The molecule has 0 heterocycles. The van der Waals surface area contributed by atoms with E-state index in [1.807, 2.05) is 30.3 Å². The number of nitrogens with one attached hydrogen (secondary N) is 1. The summed E-state index contributed by atoms with van der Waals surface area (Å²) in [5.41, 5.74) is 2.31. The van der Waals surface area contributed by atoms with Crippen LogP contribution in [0.5, 0.6) is 5.75 Å². The summed E-state index contributed by atoms with van der Waals surface area (Å²) in [5.74, 6) is -0.346. The molecule has 3 rings (SSSR count). The van der Waals surface area contributed by atoms with Gasteiger partial charge in [0.25, 0.3) is 5.91 Å². The van der Waals surface area contributed by atoms with Crippen molar-refractivity contribution in [1.29, 1.82) is 0 Å². The van der Waals surface area contributed by atoms with Crippen molar-refractivity contribution in [1.82, 2.24) is 0 Å². The topological polar surface area (TPSA) is 81.7 Å². The number of ketones is 1.